The first-order chi connectivity index (χ1) is 14.2. The Kier molecular flexibility index (Phi) is 12.8. The Morgan fingerprint density at radius 2 is 1.93 bits per heavy atom. The van der Waals surface area contributed by atoms with Gasteiger partial charge in [-0.15, -0.1) is 24.0 Å². The summed E-state index contributed by atoms with van der Waals surface area (Å²) < 4.78 is 16.5. The van der Waals surface area contributed by atoms with Crippen molar-refractivity contribution in [3.05, 3.63) is 53.2 Å². The van der Waals surface area contributed by atoms with Gasteiger partial charge in [0.25, 0.3) is 0 Å². The minimum Gasteiger partial charge on any atom is -0.491 e. The van der Waals surface area contributed by atoms with Gasteiger partial charge in [0, 0.05) is 37.5 Å². The van der Waals surface area contributed by atoms with Crippen molar-refractivity contribution in [2.75, 3.05) is 33.5 Å². The second-order valence-corrected chi connectivity index (χ2v) is 6.41. The van der Waals surface area contributed by atoms with Crippen LogP contribution >= 0.6 is 24.0 Å². The number of hydrogen-bond acceptors (Lipinski definition) is 5. The van der Waals surface area contributed by atoms with Crippen molar-refractivity contribution in [3.8, 4) is 11.6 Å². The largest absolute Gasteiger partial charge is 0.491 e. The predicted molar refractivity (Wildman–Crippen MR) is 131 cm³/mol. The Morgan fingerprint density at radius 1 is 1.10 bits per heavy atom. The van der Waals surface area contributed by atoms with Gasteiger partial charge < -0.3 is 24.8 Å². The summed E-state index contributed by atoms with van der Waals surface area (Å²) in [5.74, 6) is 2.19. The van der Waals surface area contributed by atoms with Crippen LogP contribution in [-0.4, -0.2) is 44.4 Å². The number of halogens is 1. The predicted octanol–water partition coefficient (Wildman–Crippen LogP) is 3.69. The summed E-state index contributed by atoms with van der Waals surface area (Å²) in [5, 5.41) is 6.65. The molecule has 1 aromatic heterocycles. The van der Waals surface area contributed by atoms with E-state index < -0.39 is 0 Å². The summed E-state index contributed by atoms with van der Waals surface area (Å²) in [5.41, 5.74) is 3.26. The fraction of sp³-hybridized carbons (Fsp3) is 0.455. The summed E-state index contributed by atoms with van der Waals surface area (Å²) in [4.78, 5) is 8.78. The average Bonchev–Trinajstić information content (AvgIpc) is 2.74. The highest BCUT2D eigenvalue weighted by Gasteiger charge is 2.06. The van der Waals surface area contributed by atoms with Gasteiger partial charge >= 0.3 is 0 Å². The second kappa shape index (κ2) is 14.8. The number of hydrogen-bond donors (Lipinski definition) is 2. The third-order valence-corrected chi connectivity index (χ3v) is 4.13. The highest BCUT2D eigenvalue weighted by Crippen LogP contribution is 2.20. The van der Waals surface area contributed by atoms with Gasteiger partial charge in [0.05, 0.1) is 20.3 Å². The fourth-order valence-corrected chi connectivity index (χ4v) is 2.65. The van der Waals surface area contributed by atoms with Crippen LogP contribution in [0.3, 0.4) is 0 Å². The van der Waals surface area contributed by atoms with Crippen molar-refractivity contribution in [3.63, 3.8) is 0 Å². The number of aromatic nitrogens is 1. The van der Waals surface area contributed by atoms with Crippen LogP contribution in [0.4, 0.5) is 0 Å². The van der Waals surface area contributed by atoms with Crippen LogP contribution in [-0.2, 0) is 17.8 Å². The number of methoxy groups -OCH3 is 1. The van der Waals surface area contributed by atoms with Crippen molar-refractivity contribution < 1.29 is 14.2 Å². The Bertz CT molecular complexity index is 787. The molecule has 0 aliphatic heterocycles. The van der Waals surface area contributed by atoms with Crippen LogP contribution in [0.5, 0.6) is 11.6 Å². The number of nitrogens with one attached hydrogen (secondary N) is 2. The van der Waals surface area contributed by atoms with Gasteiger partial charge in [0.15, 0.2) is 5.96 Å². The first-order valence-corrected chi connectivity index (χ1v) is 9.97. The number of aryl methyl sites for hydroxylation is 1. The fourth-order valence-electron chi connectivity index (χ4n) is 2.65. The number of aliphatic imine (C=N–C) groups is 1. The van der Waals surface area contributed by atoms with Crippen LogP contribution < -0.4 is 20.1 Å². The first-order valence-electron chi connectivity index (χ1n) is 9.97. The van der Waals surface area contributed by atoms with Crippen LogP contribution in [0.15, 0.2) is 41.5 Å². The summed E-state index contributed by atoms with van der Waals surface area (Å²) >= 11 is 0. The van der Waals surface area contributed by atoms with E-state index in [2.05, 4.69) is 45.7 Å². The van der Waals surface area contributed by atoms with E-state index in [1.54, 1.807) is 13.3 Å². The molecule has 0 spiro atoms. The summed E-state index contributed by atoms with van der Waals surface area (Å²) in [7, 11) is 1.61. The van der Waals surface area contributed by atoms with E-state index in [0.717, 1.165) is 34.9 Å². The lowest BCUT2D eigenvalue weighted by Gasteiger charge is -2.15. The van der Waals surface area contributed by atoms with E-state index in [1.807, 2.05) is 26.0 Å². The molecule has 1 heterocycles. The molecule has 2 aromatic rings. The second-order valence-electron chi connectivity index (χ2n) is 6.41. The van der Waals surface area contributed by atoms with Crippen molar-refractivity contribution in [1.82, 2.24) is 15.6 Å². The highest BCUT2D eigenvalue weighted by atomic mass is 127. The van der Waals surface area contributed by atoms with Crippen LogP contribution in [0, 0.1) is 6.92 Å². The summed E-state index contributed by atoms with van der Waals surface area (Å²) in [6.07, 6.45) is 1.72. The smallest absolute Gasteiger partial charge is 0.213 e. The quantitative estimate of drug-likeness (QED) is 0.201. The molecule has 0 aliphatic rings. The van der Waals surface area contributed by atoms with E-state index in [4.69, 9.17) is 14.2 Å². The first kappa shape index (κ1) is 26.0. The maximum atomic E-state index is 5.92. The molecule has 0 unspecified atom stereocenters. The number of guanidine groups is 1. The molecule has 0 saturated carbocycles. The van der Waals surface area contributed by atoms with Crippen LogP contribution in [0.2, 0.25) is 0 Å². The molecule has 30 heavy (non-hydrogen) atoms. The van der Waals surface area contributed by atoms with Gasteiger partial charge in [-0.3, -0.25) is 0 Å². The van der Waals surface area contributed by atoms with E-state index in [0.29, 0.717) is 38.8 Å². The van der Waals surface area contributed by atoms with E-state index in [-0.39, 0.29) is 24.0 Å². The Balaban J connectivity index is 0.00000450. The van der Waals surface area contributed by atoms with Gasteiger partial charge in [-0.2, -0.15) is 0 Å². The third kappa shape index (κ3) is 9.17. The zero-order valence-corrected chi connectivity index (χ0v) is 20.6. The maximum Gasteiger partial charge on any atom is 0.213 e. The van der Waals surface area contributed by atoms with E-state index in [9.17, 15) is 0 Å². The van der Waals surface area contributed by atoms with Crippen molar-refractivity contribution in [1.29, 1.82) is 0 Å². The van der Waals surface area contributed by atoms with Gasteiger partial charge in [0.1, 0.15) is 12.4 Å². The number of pyridine rings is 1. The molecule has 0 radical (unpaired) electrons. The molecule has 2 N–H and O–H groups in total. The Morgan fingerprint density at radius 3 is 2.67 bits per heavy atom. The van der Waals surface area contributed by atoms with E-state index in [1.165, 1.54) is 0 Å². The lowest BCUT2D eigenvalue weighted by atomic mass is 10.1. The molecule has 0 saturated heterocycles. The normalized spacial score (nSPS) is 10.9. The molecule has 0 aliphatic carbocycles. The lowest BCUT2D eigenvalue weighted by molar-refractivity contribution is 0.110. The standard InChI is InChI=1S/C22H32N4O3.HI/c1-5-23-22(25-15-18-9-10-24-21(14-18)27-4)26-16-19-8-7-17(3)13-20(19)29-12-11-28-6-2;/h7-10,13-14H,5-6,11-12,15-16H2,1-4H3,(H2,23,25,26);1H. The van der Waals surface area contributed by atoms with Gasteiger partial charge in [-0.25, -0.2) is 9.98 Å². The molecular weight excluding hydrogens is 495 g/mol. The average molecular weight is 528 g/mol. The Hall–Kier alpha value is -2.07. The molecule has 0 atom stereocenters. The zero-order valence-electron chi connectivity index (χ0n) is 18.2. The Labute approximate surface area is 196 Å². The van der Waals surface area contributed by atoms with Crippen LogP contribution in [0.25, 0.3) is 0 Å². The third-order valence-electron chi connectivity index (χ3n) is 4.13. The highest BCUT2D eigenvalue weighted by molar-refractivity contribution is 14.0. The summed E-state index contributed by atoms with van der Waals surface area (Å²) in [6.45, 7) is 9.79. The SMILES string of the molecule is CCNC(=NCc1ccnc(OC)c1)NCc1ccc(C)cc1OCCOCC.I. The van der Waals surface area contributed by atoms with Gasteiger partial charge in [-0.05, 0) is 44.0 Å². The molecule has 0 bridgehead atoms. The molecular formula is C22H33IN4O3. The van der Waals surface area contributed by atoms with Crippen molar-refractivity contribution >= 4 is 29.9 Å². The molecule has 8 heteroatoms. The van der Waals surface area contributed by atoms with Gasteiger partial charge in [0.2, 0.25) is 5.88 Å². The number of rotatable bonds is 11. The van der Waals surface area contributed by atoms with Crippen molar-refractivity contribution in [2.24, 2.45) is 4.99 Å². The topological polar surface area (TPSA) is 77.0 Å². The van der Waals surface area contributed by atoms with Crippen LogP contribution in [0.1, 0.15) is 30.5 Å². The van der Waals surface area contributed by atoms with Crippen molar-refractivity contribution in [2.45, 2.75) is 33.9 Å². The monoisotopic (exact) mass is 528 g/mol. The zero-order chi connectivity index (χ0) is 20.9. The van der Waals surface area contributed by atoms with Gasteiger partial charge in [-0.1, -0.05) is 12.1 Å². The molecule has 166 valence electrons. The molecule has 0 fully saturated rings. The summed E-state index contributed by atoms with van der Waals surface area (Å²) in [6, 6.07) is 10.0. The number of nitrogens with zero attached hydrogens (tertiary/aromatic N) is 2. The minimum atomic E-state index is 0. The maximum absolute atomic E-state index is 5.92. The minimum absolute atomic E-state index is 0. The molecule has 7 nitrogen and oxygen atoms in total. The molecule has 2 rings (SSSR count). The van der Waals surface area contributed by atoms with E-state index >= 15 is 0 Å². The molecule has 0 amide bonds. The number of benzene rings is 1. The number of ether oxygens (including phenoxy) is 3. The molecule has 1 aromatic carbocycles. The lowest BCUT2D eigenvalue weighted by Crippen LogP contribution is -2.36.